The zero-order valence-corrected chi connectivity index (χ0v) is 17.3. The Morgan fingerprint density at radius 3 is 2.72 bits per heavy atom. The molecular weight excluding hydrogens is 418 g/mol. The highest BCUT2D eigenvalue weighted by atomic mass is 35.5. The molecule has 0 aliphatic carbocycles. The maximum atomic E-state index is 12.6. The first-order chi connectivity index (χ1) is 13.9. The summed E-state index contributed by atoms with van der Waals surface area (Å²) in [4.78, 5) is 15.2. The number of carbonyl (C=O) groups is 1. The molecule has 0 unspecified atom stereocenters. The van der Waals surface area contributed by atoms with Crippen molar-refractivity contribution in [2.75, 3.05) is 32.8 Å². The van der Waals surface area contributed by atoms with E-state index in [0.29, 0.717) is 55.8 Å². The minimum atomic E-state index is -3.55. The maximum absolute atomic E-state index is 12.6. The van der Waals surface area contributed by atoms with E-state index in [4.69, 9.17) is 21.1 Å². The van der Waals surface area contributed by atoms with Gasteiger partial charge in [-0.3, -0.25) is 4.79 Å². The fourth-order valence-corrected chi connectivity index (χ4v) is 5.26. The van der Waals surface area contributed by atoms with Crippen LogP contribution in [0.2, 0.25) is 5.02 Å². The number of aromatic nitrogens is 1. The summed E-state index contributed by atoms with van der Waals surface area (Å²) in [6.45, 7) is 2.34. The third-order valence-electron chi connectivity index (χ3n) is 4.96. The first kappa shape index (κ1) is 20.1. The number of halogens is 1. The number of nitrogens with zero attached hydrogens (tertiary/aromatic N) is 1. The Labute approximate surface area is 174 Å². The largest absolute Gasteiger partial charge is 0.486 e. The van der Waals surface area contributed by atoms with Gasteiger partial charge < -0.3 is 19.8 Å². The van der Waals surface area contributed by atoms with Gasteiger partial charge in [-0.15, -0.1) is 0 Å². The monoisotopic (exact) mass is 439 g/mol. The third kappa shape index (κ3) is 4.22. The van der Waals surface area contributed by atoms with Crippen LogP contribution in [0.1, 0.15) is 28.9 Å². The number of fused-ring (bicyclic) bond motifs is 1. The number of hydrogen-bond acceptors (Lipinski definition) is 5. The van der Waals surface area contributed by atoms with Gasteiger partial charge in [0.25, 0.3) is 5.91 Å². The van der Waals surface area contributed by atoms with Crippen molar-refractivity contribution in [2.45, 2.75) is 24.2 Å². The van der Waals surface area contributed by atoms with Gasteiger partial charge in [-0.25, -0.2) is 8.42 Å². The molecule has 1 aromatic heterocycles. The fourth-order valence-electron chi connectivity index (χ4n) is 3.46. The standard InChI is InChI=1S/C19H22ClN3O5S/c20-15-9-13(10-17-18(15)28-8-7-27-17)3-4-21-19(24)16-11-14(12-22-16)29(25,26)23-5-1-2-6-23/h9-12,22H,1-8H2,(H,21,24). The molecule has 2 N–H and O–H groups in total. The number of rotatable bonds is 6. The lowest BCUT2D eigenvalue weighted by molar-refractivity contribution is 0.0949. The Bertz CT molecular complexity index is 1010. The van der Waals surface area contributed by atoms with Crippen molar-refractivity contribution in [3.8, 4) is 11.5 Å². The fraction of sp³-hybridized carbons (Fsp3) is 0.421. The van der Waals surface area contributed by atoms with Gasteiger partial charge in [0.2, 0.25) is 10.0 Å². The first-order valence-electron chi connectivity index (χ1n) is 9.50. The normalized spacial score (nSPS) is 16.7. The molecule has 0 atom stereocenters. The number of sulfonamides is 1. The van der Waals surface area contributed by atoms with Crippen LogP contribution < -0.4 is 14.8 Å². The second-order valence-corrected chi connectivity index (χ2v) is 9.31. The van der Waals surface area contributed by atoms with E-state index >= 15 is 0 Å². The quantitative estimate of drug-likeness (QED) is 0.718. The van der Waals surface area contributed by atoms with Crippen LogP contribution in [0, 0.1) is 0 Å². The Kier molecular flexibility index (Phi) is 5.71. The Morgan fingerprint density at radius 1 is 1.17 bits per heavy atom. The van der Waals surface area contributed by atoms with Crippen LogP contribution in [0.15, 0.2) is 29.3 Å². The summed E-state index contributed by atoms with van der Waals surface area (Å²) in [7, 11) is -3.55. The number of hydrogen-bond donors (Lipinski definition) is 2. The van der Waals surface area contributed by atoms with Crippen LogP contribution in [-0.4, -0.2) is 56.5 Å². The average molecular weight is 440 g/mol. The van der Waals surface area contributed by atoms with Crippen molar-refractivity contribution in [3.05, 3.63) is 40.7 Å². The van der Waals surface area contributed by atoms with Gasteiger partial charge in [0.1, 0.15) is 23.8 Å². The molecule has 29 heavy (non-hydrogen) atoms. The predicted octanol–water partition coefficient (Wildman–Crippen LogP) is 2.20. The van der Waals surface area contributed by atoms with Crippen molar-refractivity contribution in [1.82, 2.24) is 14.6 Å². The lowest BCUT2D eigenvalue weighted by Crippen LogP contribution is -2.28. The van der Waals surface area contributed by atoms with E-state index in [2.05, 4.69) is 10.3 Å². The smallest absolute Gasteiger partial charge is 0.267 e. The minimum Gasteiger partial charge on any atom is -0.486 e. The van der Waals surface area contributed by atoms with Crippen LogP contribution in [0.5, 0.6) is 11.5 Å². The number of amides is 1. The molecule has 2 aromatic rings. The number of H-pyrrole nitrogens is 1. The van der Waals surface area contributed by atoms with Crippen LogP contribution in [0.3, 0.4) is 0 Å². The summed E-state index contributed by atoms with van der Waals surface area (Å²) in [5, 5.41) is 3.26. The molecule has 1 aromatic carbocycles. The molecular formula is C19H22ClN3O5S. The summed E-state index contributed by atoms with van der Waals surface area (Å²) in [6.07, 6.45) is 3.63. The second kappa shape index (κ2) is 8.25. The topological polar surface area (TPSA) is 101 Å². The van der Waals surface area contributed by atoms with E-state index < -0.39 is 10.0 Å². The van der Waals surface area contributed by atoms with Gasteiger partial charge in [-0.05, 0) is 43.0 Å². The van der Waals surface area contributed by atoms with Gasteiger partial charge in [0, 0.05) is 25.8 Å². The molecule has 1 saturated heterocycles. The average Bonchev–Trinajstić information content (AvgIpc) is 3.41. The van der Waals surface area contributed by atoms with Crippen LogP contribution >= 0.6 is 11.6 Å². The highest BCUT2D eigenvalue weighted by Gasteiger charge is 2.28. The molecule has 10 heteroatoms. The summed E-state index contributed by atoms with van der Waals surface area (Å²) in [6, 6.07) is 5.02. The summed E-state index contributed by atoms with van der Waals surface area (Å²) < 4.78 is 37.6. The molecule has 3 heterocycles. The molecule has 2 aliphatic rings. The number of ether oxygens (including phenoxy) is 2. The zero-order chi connectivity index (χ0) is 20.4. The van der Waals surface area contributed by atoms with Crippen molar-refractivity contribution >= 4 is 27.5 Å². The summed E-state index contributed by atoms with van der Waals surface area (Å²) >= 11 is 6.23. The zero-order valence-electron chi connectivity index (χ0n) is 15.7. The SMILES string of the molecule is O=C(NCCc1cc(Cl)c2c(c1)OCCO2)c1cc(S(=O)(=O)N2CCCC2)c[nH]1. The van der Waals surface area contributed by atoms with E-state index in [9.17, 15) is 13.2 Å². The molecule has 0 spiro atoms. The number of benzene rings is 1. The molecule has 0 bridgehead atoms. The number of aromatic amines is 1. The molecule has 1 fully saturated rings. The highest BCUT2D eigenvalue weighted by molar-refractivity contribution is 7.89. The molecule has 1 amide bonds. The van der Waals surface area contributed by atoms with E-state index in [0.717, 1.165) is 18.4 Å². The van der Waals surface area contributed by atoms with E-state index in [1.54, 1.807) is 6.07 Å². The van der Waals surface area contributed by atoms with E-state index in [1.165, 1.54) is 16.6 Å². The van der Waals surface area contributed by atoms with E-state index in [-0.39, 0.29) is 16.5 Å². The summed E-state index contributed by atoms with van der Waals surface area (Å²) in [5.41, 5.74) is 1.12. The van der Waals surface area contributed by atoms with Crippen LogP contribution in [0.25, 0.3) is 0 Å². The van der Waals surface area contributed by atoms with E-state index in [1.807, 2.05) is 6.07 Å². The summed E-state index contributed by atoms with van der Waals surface area (Å²) in [5.74, 6) is 0.784. The number of carbonyl (C=O) groups excluding carboxylic acids is 1. The van der Waals surface area contributed by atoms with Gasteiger partial charge in [-0.2, -0.15) is 4.31 Å². The Balaban J connectivity index is 1.36. The van der Waals surface area contributed by atoms with Crippen molar-refractivity contribution in [2.24, 2.45) is 0 Å². The minimum absolute atomic E-state index is 0.114. The van der Waals surface area contributed by atoms with Gasteiger partial charge in [0.05, 0.1) is 5.02 Å². The third-order valence-corrected chi connectivity index (χ3v) is 7.12. The number of nitrogens with one attached hydrogen (secondary N) is 2. The predicted molar refractivity (Wildman–Crippen MR) is 107 cm³/mol. The molecule has 0 saturated carbocycles. The lowest BCUT2D eigenvalue weighted by Gasteiger charge is -2.20. The molecule has 2 aliphatic heterocycles. The molecule has 8 nitrogen and oxygen atoms in total. The van der Waals surface area contributed by atoms with Gasteiger partial charge in [-0.1, -0.05) is 11.6 Å². The molecule has 0 radical (unpaired) electrons. The Hall–Kier alpha value is -2.23. The highest BCUT2D eigenvalue weighted by Crippen LogP contribution is 2.38. The lowest BCUT2D eigenvalue weighted by atomic mass is 10.1. The van der Waals surface area contributed by atoms with Crippen molar-refractivity contribution in [1.29, 1.82) is 0 Å². The maximum Gasteiger partial charge on any atom is 0.267 e. The van der Waals surface area contributed by atoms with Gasteiger partial charge >= 0.3 is 0 Å². The van der Waals surface area contributed by atoms with Crippen LogP contribution in [0.4, 0.5) is 0 Å². The molecule has 4 rings (SSSR count). The first-order valence-corrected chi connectivity index (χ1v) is 11.3. The second-order valence-electron chi connectivity index (χ2n) is 6.97. The van der Waals surface area contributed by atoms with Crippen LogP contribution in [-0.2, 0) is 16.4 Å². The Morgan fingerprint density at radius 2 is 1.93 bits per heavy atom. The van der Waals surface area contributed by atoms with Gasteiger partial charge in [0.15, 0.2) is 11.5 Å². The van der Waals surface area contributed by atoms with Crippen molar-refractivity contribution in [3.63, 3.8) is 0 Å². The van der Waals surface area contributed by atoms with Crippen molar-refractivity contribution < 1.29 is 22.7 Å². The molecule has 156 valence electrons.